The quantitative estimate of drug-likeness (QED) is 0.292. The van der Waals surface area contributed by atoms with Crippen LogP contribution in [-0.4, -0.2) is 38.1 Å². The Morgan fingerprint density at radius 1 is 1.42 bits per heavy atom. The van der Waals surface area contributed by atoms with E-state index >= 15 is 0 Å². The fraction of sp³-hybridized carbons (Fsp3) is 0.818. The lowest BCUT2D eigenvalue weighted by molar-refractivity contribution is -0.157. The molecular weight excluding hydrogens is 296 g/mol. The maximum Gasteiger partial charge on any atom is 0.303 e. The minimum absolute atomic E-state index is 0.200. The molecule has 19 heavy (non-hydrogen) atoms. The average molecular weight is 315 g/mol. The minimum atomic E-state index is -3.90. The second kappa shape index (κ2) is 7.21. The van der Waals surface area contributed by atoms with Crippen LogP contribution in [-0.2, 0) is 28.6 Å². The van der Waals surface area contributed by atoms with E-state index in [0.29, 0.717) is 6.29 Å². The van der Waals surface area contributed by atoms with E-state index in [4.69, 9.17) is 20.5 Å². The highest BCUT2D eigenvalue weighted by Crippen LogP contribution is 2.25. The van der Waals surface area contributed by atoms with Crippen LogP contribution in [0.25, 0.3) is 0 Å². The van der Waals surface area contributed by atoms with Crippen LogP contribution in [0.2, 0.25) is 0 Å². The summed E-state index contributed by atoms with van der Waals surface area (Å²) in [6.07, 6.45) is -0.448. The van der Waals surface area contributed by atoms with Crippen LogP contribution in [0.3, 0.4) is 0 Å². The molecule has 0 aromatic carbocycles. The summed E-state index contributed by atoms with van der Waals surface area (Å²) in [7, 11) is -3.90. The van der Waals surface area contributed by atoms with Gasteiger partial charge < -0.3 is 4.74 Å². The maximum atomic E-state index is 11.6. The number of esters is 1. The molecule has 112 valence electrons. The van der Waals surface area contributed by atoms with Crippen molar-refractivity contribution >= 4 is 34.0 Å². The van der Waals surface area contributed by atoms with Crippen LogP contribution in [0, 0.1) is 5.41 Å². The third-order valence-electron chi connectivity index (χ3n) is 2.42. The number of hydrogen-bond donors (Lipinski definition) is 0. The first-order chi connectivity index (χ1) is 8.56. The second-order valence-corrected chi connectivity index (χ2v) is 7.30. The predicted molar refractivity (Wildman–Crippen MR) is 70.2 cm³/mol. The van der Waals surface area contributed by atoms with Crippen LogP contribution in [0.1, 0.15) is 34.1 Å². The lowest BCUT2D eigenvalue weighted by atomic mass is 9.88. The highest BCUT2D eigenvalue weighted by molar-refractivity contribution is 7.88. The Bertz CT molecular complexity index is 417. The largest absolute Gasteiger partial charge is 0.454 e. The highest BCUT2D eigenvalue weighted by Gasteiger charge is 2.35. The zero-order chi connectivity index (χ0) is 15.3. The first-order valence-corrected chi connectivity index (χ1v) is 7.62. The monoisotopic (exact) mass is 314 g/mol. The maximum absolute atomic E-state index is 11.6. The van der Waals surface area contributed by atoms with Gasteiger partial charge in [-0.15, -0.1) is 11.6 Å². The van der Waals surface area contributed by atoms with Gasteiger partial charge in [0.25, 0.3) is 10.1 Å². The van der Waals surface area contributed by atoms with Crippen molar-refractivity contribution < 1.29 is 26.9 Å². The molecule has 0 rings (SSSR count). The van der Waals surface area contributed by atoms with Crippen LogP contribution in [0.4, 0.5) is 0 Å². The topological polar surface area (TPSA) is 86.7 Å². The molecule has 0 amide bonds. The van der Waals surface area contributed by atoms with Crippen molar-refractivity contribution in [1.82, 2.24) is 0 Å². The average Bonchev–Trinajstić information content (AvgIpc) is 2.32. The molecule has 0 aliphatic heterocycles. The van der Waals surface area contributed by atoms with Gasteiger partial charge in [0.15, 0.2) is 17.1 Å². The van der Waals surface area contributed by atoms with Gasteiger partial charge in [-0.1, -0.05) is 20.8 Å². The number of aldehydes is 1. The van der Waals surface area contributed by atoms with Crippen molar-refractivity contribution in [3.8, 4) is 0 Å². The van der Waals surface area contributed by atoms with Gasteiger partial charge in [-0.05, 0) is 6.42 Å². The smallest absolute Gasteiger partial charge is 0.303 e. The molecule has 0 fully saturated rings. The third kappa shape index (κ3) is 5.88. The number of carbonyl (C=O) groups is 2. The summed E-state index contributed by atoms with van der Waals surface area (Å²) in [5.74, 6) is -0.628. The molecule has 0 aliphatic carbocycles. The van der Waals surface area contributed by atoms with Gasteiger partial charge in [0.2, 0.25) is 0 Å². The number of alkyl halides is 1. The number of ether oxygens (including phenoxy) is 1. The van der Waals surface area contributed by atoms with Crippen molar-refractivity contribution in [2.75, 3.05) is 6.61 Å². The van der Waals surface area contributed by atoms with E-state index in [0.717, 1.165) is 6.92 Å². The summed E-state index contributed by atoms with van der Waals surface area (Å²) >= 11 is 5.62. The number of halogens is 1. The molecule has 0 bridgehead atoms. The van der Waals surface area contributed by atoms with Crippen LogP contribution < -0.4 is 0 Å². The first-order valence-electron chi connectivity index (χ1n) is 5.71. The van der Waals surface area contributed by atoms with E-state index < -0.39 is 32.3 Å². The summed E-state index contributed by atoms with van der Waals surface area (Å²) in [5.41, 5.74) is -0.981. The Balaban J connectivity index is 4.77. The van der Waals surface area contributed by atoms with E-state index in [2.05, 4.69) is 0 Å². The summed E-state index contributed by atoms with van der Waals surface area (Å²) in [6.45, 7) is 5.57. The van der Waals surface area contributed by atoms with E-state index in [-0.39, 0.29) is 13.0 Å². The minimum Gasteiger partial charge on any atom is -0.454 e. The van der Waals surface area contributed by atoms with E-state index in [1.807, 2.05) is 0 Å². The van der Waals surface area contributed by atoms with Crippen LogP contribution in [0.5, 0.6) is 0 Å². The van der Waals surface area contributed by atoms with Crippen LogP contribution >= 0.6 is 11.6 Å². The molecule has 6 nitrogen and oxygen atoms in total. The van der Waals surface area contributed by atoms with Gasteiger partial charge in [-0.3, -0.25) is 13.8 Å². The van der Waals surface area contributed by atoms with Crippen molar-refractivity contribution in [2.24, 2.45) is 5.41 Å². The van der Waals surface area contributed by atoms with E-state index in [1.54, 1.807) is 20.8 Å². The Morgan fingerprint density at radius 2 is 1.95 bits per heavy atom. The molecule has 0 saturated carbocycles. The summed E-state index contributed by atoms with van der Waals surface area (Å²) < 4.78 is 31.6. The molecular formula is C11H19ClO6S. The van der Waals surface area contributed by atoms with E-state index in [1.165, 1.54) is 0 Å². The first kappa shape index (κ1) is 18.3. The summed E-state index contributed by atoms with van der Waals surface area (Å²) in [4.78, 5) is 21.7. The molecule has 0 heterocycles. The highest BCUT2D eigenvalue weighted by atomic mass is 35.5. The molecule has 0 aliphatic rings. The molecule has 0 N–H and O–H groups in total. The van der Waals surface area contributed by atoms with Crippen molar-refractivity contribution in [1.29, 1.82) is 0 Å². The van der Waals surface area contributed by atoms with Crippen molar-refractivity contribution in [3.63, 3.8) is 0 Å². The molecule has 0 aromatic heterocycles. The number of rotatable bonds is 8. The van der Waals surface area contributed by atoms with Crippen molar-refractivity contribution in [3.05, 3.63) is 0 Å². The molecule has 0 aromatic rings. The van der Waals surface area contributed by atoms with Crippen LogP contribution in [0.15, 0.2) is 0 Å². The fourth-order valence-corrected chi connectivity index (χ4v) is 2.32. The van der Waals surface area contributed by atoms with Gasteiger partial charge >= 0.3 is 5.97 Å². The normalized spacial score (nSPS) is 15.6. The van der Waals surface area contributed by atoms with Gasteiger partial charge in [-0.2, -0.15) is 8.42 Å². The molecule has 1 unspecified atom stereocenters. The number of hydrogen-bond acceptors (Lipinski definition) is 6. The summed E-state index contributed by atoms with van der Waals surface area (Å²) in [6, 6.07) is 0. The van der Waals surface area contributed by atoms with Crippen molar-refractivity contribution in [2.45, 2.75) is 44.9 Å². The Hall–Kier alpha value is -0.660. The molecule has 2 atom stereocenters. The SMILES string of the molecule is CCC(Cl)S(=O)(=O)OCC(C)(C)[C@H](C=O)OC(C)=O. The van der Waals surface area contributed by atoms with Gasteiger partial charge in [-0.25, -0.2) is 0 Å². The molecule has 0 saturated heterocycles. The van der Waals surface area contributed by atoms with E-state index in [9.17, 15) is 18.0 Å². The predicted octanol–water partition coefficient (Wildman–Crippen LogP) is 1.46. The lowest BCUT2D eigenvalue weighted by Crippen LogP contribution is -2.39. The standard InChI is InChI=1S/C11H19ClO6S/c1-5-10(12)19(15,16)17-7-11(3,4)9(6-13)18-8(2)14/h6,9-10H,5,7H2,1-4H3/t9-,10?/m0/s1. The molecule has 0 spiro atoms. The Kier molecular flexibility index (Phi) is 6.96. The fourth-order valence-electron chi connectivity index (χ4n) is 1.14. The molecule has 0 radical (unpaired) electrons. The second-order valence-electron chi connectivity index (χ2n) is 4.73. The lowest BCUT2D eigenvalue weighted by Gasteiger charge is -2.29. The molecule has 8 heteroatoms. The Morgan fingerprint density at radius 3 is 2.32 bits per heavy atom. The Labute approximate surface area is 118 Å². The third-order valence-corrected chi connectivity index (χ3v) is 4.79. The number of carbonyl (C=O) groups excluding carboxylic acids is 2. The zero-order valence-corrected chi connectivity index (χ0v) is 13.0. The van der Waals surface area contributed by atoms with Gasteiger partial charge in [0.1, 0.15) is 0 Å². The van der Waals surface area contributed by atoms with Gasteiger partial charge in [0.05, 0.1) is 6.61 Å². The summed E-state index contributed by atoms with van der Waals surface area (Å²) in [5, 5.41) is 0. The van der Waals surface area contributed by atoms with Gasteiger partial charge in [0, 0.05) is 12.3 Å². The zero-order valence-electron chi connectivity index (χ0n) is 11.4.